The third kappa shape index (κ3) is 21.7. The molecule has 5 fully saturated rings. The number of carbonyl (C=O) groups excluding carboxylic acids is 5. The Balaban J connectivity index is 0.000000122. The van der Waals surface area contributed by atoms with Crippen molar-refractivity contribution in [2.75, 3.05) is 98.2 Å². The predicted molar refractivity (Wildman–Crippen MR) is 550 cm³/mol. The van der Waals surface area contributed by atoms with E-state index in [1.165, 1.54) is 51.4 Å². The van der Waals surface area contributed by atoms with Gasteiger partial charge in [0.2, 0.25) is 0 Å². The highest BCUT2D eigenvalue weighted by Gasteiger charge is 2.33. The Hall–Kier alpha value is -15.1. The number of Topliss-reactive ketones (excluding diaryl/α,β-unsaturated/α-hetero) is 5. The number of ketones is 5. The number of piperidine rings is 5. The van der Waals surface area contributed by atoms with Crippen molar-refractivity contribution in [3.63, 3.8) is 0 Å². The molecule has 4 aromatic carbocycles. The summed E-state index contributed by atoms with van der Waals surface area (Å²) in [6.45, 7) is 51.2. The molecular formula is C111H111ClFN23O5. The van der Waals surface area contributed by atoms with E-state index in [-0.39, 0.29) is 35.5 Å². The second-order valence-corrected chi connectivity index (χ2v) is 37.1. The van der Waals surface area contributed by atoms with Crippen molar-refractivity contribution in [1.82, 2.24) is 92.2 Å². The van der Waals surface area contributed by atoms with Gasteiger partial charge in [-0.3, -0.25) is 68.4 Å². The SMILES string of the molecule is Cc1c(C(=O)CN2CCCCC2)c2ncccc2n1-c1ccc(Cl)cc1.[C-]#[N+]c1ccc(-n2c(C)c(C(=O)CN3CCCC(F)C3)c3ncc(C)cc32)cc1.[C-]#[N+]c1ccc(-n2c(C)c(C(=O)CN3CCCCC3)c3nc(-n4ccnn4)ccc32)cc1.[C-]#[N+]c1ccc(-n2c(C)c(C(=O)CN3CCCCC3)c3ncccc32)cc1.[C-]#[N+]c1ccc(-n2c(C)c(C(=O)CN3CCCCC3)c3ncccc32)cn1. The minimum absolute atomic E-state index is 0.0329. The maximum Gasteiger partial charge on any atom is 0.269 e. The molecule has 5 aliphatic heterocycles. The molecule has 1 atom stereocenters. The van der Waals surface area contributed by atoms with Gasteiger partial charge in [0.25, 0.3) is 5.82 Å². The van der Waals surface area contributed by atoms with Crippen LogP contribution in [-0.2, 0) is 0 Å². The minimum atomic E-state index is -0.860. The van der Waals surface area contributed by atoms with E-state index in [1.807, 2.05) is 181 Å². The first-order valence-corrected chi connectivity index (χ1v) is 48.7. The van der Waals surface area contributed by atoms with Gasteiger partial charge in [-0.05, 0) is 298 Å². The van der Waals surface area contributed by atoms with E-state index >= 15 is 0 Å². The van der Waals surface area contributed by atoms with Crippen molar-refractivity contribution in [3.05, 3.63) is 320 Å². The van der Waals surface area contributed by atoms with Gasteiger partial charge < -0.3 is 27.7 Å². The number of fused-ring (bicyclic) bond motifs is 5. The van der Waals surface area contributed by atoms with Crippen LogP contribution >= 0.6 is 11.6 Å². The fourth-order valence-corrected chi connectivity index (χ4v) is 20.5. The van der Waals surface area contributed by atoms with Gasteiger partial charge in [0, 0.05) is 87.6 Å². The molecule has 141 heavy (non-hydrogen) atoms. The van der Waals surface area contributed by atoms with Crippen LogP contribution in [-0.4, -0.2) is 225 Å². The maximum atomic E-state index is 13.8. The number of alkyl halides is 1. The fraction of sp³-hybridized carbons (Fsp3) is 0.324. The molecule has 1 unspecified atom stereocenters. The lowest BCUT2D eigenvalue weighted by atomic mass is 10.1. The zero-order valence-corrected chi connectivity index (χ0v) is 81.1. The largest absolute Gasteiger partial charge is 0.361 e. The molecule has 0 radical (unpaired) electrons. The lowest BCUT2D eigenvalue weighted by Crippen LogP contribution is -2.39. The number of halogens is 2. The predicted octanol–water partition coefficient (Wildman–Crippen LogP) is 22.1. The Morgan fingerprint density at radius 2 is 0.695 bits per heavy atom. The first-order chi connectivity index (χ1) is 68.6. The summed E-state index contributed by atoms with van der Waals surface area (Å²) >= 11 is 6.04. The van der Waals surface area contributed by atoms with Gasteiger partial charge in [0.05, 0.1) is 148 Å². The number of nitrogens with zero attached hydrogens (tertiary/aromatic N) is 23. The standard InChI is InChI=1S/C24H23N7O.C23H23FN4O.C22H22N4O.C21H22ClN3O.C21H21N5O/c1-17-23(21(32)16-29-13-4-3-5-14-29)24-20(10-11-22(27-24)30-15-12-26-28-30)31(17)19-8-6-18(25-2)7-9-19;1-15-11-20-23(26-12-15)22(21(29)14-27-10-4-5-17(24)13-27)16(2)28(20)19-8-6-18(25-3)7-9-19;1-16-21(20(27)15-25-13-4-3-5-14-25)22-19(7-6-12-24-22)26(16)18-10-8-17(23-2)9-11-18;1-15-20(19(26)14-24-12-3-2-4-13-24)21-18(6-5-11-23-21)25(15)17-9-7-16(22)8-10-17;1-15-20(18(27)14-25-11-4-3-5-12-25)21-17(7-6-10-23-21)26(15)16-8-9-19(22-2)24-13-16/h6-12,15H,3-5,13-14,16H2,1H3;6-9,11-12,17H,4-5,10,13-14H2,1-2H3;6-12H,3-5,13-15H2,1H3;5-11H,2-4,12-14H2,1H3;6-10,13H,3-5,11-12,14H2,1H3. The van der Waals surface area contributed by atoms with E-state index in [0.717, 1.165) is 203 Å². The van der Waals surface area contributed by atoms with Gasteiger partial charge in [0.15, 0.2) is 51.8 Å². The smallest absolute Gasteiger partial charge is 0.269 e. The topological polar surface area (TPSA) is 252 Å². The summed E-state index contributed by atoms with van der Waals surface area (Å²) in [7, 11) is 0. The van der Waals surface area contributed by atoms with Crippen molar-refractivity contribution in [3.8, 4) is 34.3 Å². The summed E-state index contributed by atoms with van der Waals surface area (Å²) in [5, 5.41) is 8.61. The van der Waals surface area contributed by atoms with Crippen LogP contribution in [0.1, 0.15) is 176 Å². The highest BCUT2D eigenvalue weighted by molar-refractivity contribution is 6.30. The van der Waals surface area contributed by atoms with Crippen molar-refractivity contribution in [1.29, 1.82) is 0 Å². The Kier molecular flexibility index (Phi) is 31.0. The zero-order valence-electron chi connectivity index (χ0n) is 80.3. The zero-order chi connectivity index (χ0) is 98.3. The van der Waals surface area contributed by atoms with Crippen LogP contribution in [0.5, 0.6) is 0 Å². The third-order valence-electron chi connectivity index (χ3n) is 27.1. The van der Waals surface area contributed by atoms with Crippen LogP contribution < -0.4 is 0 Å². The number of aryl methyl sites for hydroxylation is 1. The van der Waals surface area contributed by atoms with Crippen LogP contribution in [0.25, 0.3) is 109 Å². The normalized spacial score (nSPS) is 15.4. The number of pyridine rings is 6. The number of hydrogen-bond acceptors (Lipinski definition) is 18. The average molecular weight is 1900 g/mol. The number of hydrogen-bond donors (Lipinski definition) is 0. The lowest BCUT2D eigenvalue weighted by molar-refractivity contribution is 0.0855. The first kappa shape index (κ1) is 97.6. The molecule has 0 N–H and O–H groups in total. The van der Waals surface area contributed by atoms with Crippen molar-refractivity contribution in [2.24, 2.45) is 0 Å². The molecule has 0 saturated carbocycles. The molecule has 0 amide bonds. The summed E-state index contributed by atoms with van der Waals surface area (Å²) in [6.07, 6.45) is 26.8. The molecule has 28 nitrogen and oxygen atoms in total. The third-order valence-corrected chi connectivity index (χ3v) is 27.4. The molecule has 30 heteroatoms. The van der Waals surface area contributed by atoms with E-state index in [4.69, 9.17) is 42.9 Å². The fourth-order valence-electron chi connectivity index (χ4n) is 20.4. The Bertz CT molecular complexity index is 7280. The number of benzene rings is 4. The van der Waals surface area contributed by atoms with Crippen LogP contribution in [0.15, 0.2) is 207 Å². The second-order valence-electron chi connectivity index (χ2n) is 36.6. The molecule has 12 aromatic heterocycles. The maximum absolute atomic E-state index is 13.8. The summed E-state index contributed by atoms with van der Waals surface area (Å²) in [4.78, 5) is 118. The van der Waals surface area contributed by atoms with Crippen molar-refractivity contribution in [2.45, 2.75) is 138 Å². The molecule has 5 aliphatic rings. The van der Waals surface area contributed by atoms with Crippen molar-refractivity contribution < 1.29 is 28.4 Å². The number of carbonyl (C=O) groups is 5. The summed E-state index contributed by atoms with van der Waals surface area (Å²) in [6, 6.07) is 50.9. The number of likely N-dealkylation sites (tertiary alicyclic amines) is 5. The number of aromatic nitrogens is 14. The van der Waals surface area contributed by atoms with E-state index in [9.17, 15) is 28.4 Å². The van der Waals surface area contributed by atoms with Crippen LogP contribution in [0.2, 0.25) is 5.02 Å². The van der Waals surface area contributed by atoms with Gasteiger partial charge in [-0.15, -0.1) is 10.1 Å². The summed E-state index contributed by atoms with van der Waals surface area (Å²) in [5.41, 5.74) is 23.1. The van der Waals surface area contributed by atoms with E-state index in [2.05, 4.69) is 83.3 Å². The van der Waals surface area contributed by atoms with Crippen LogP contribution in [0.4, 0.5) is 27.3 Å². The van der Waals surface area contributed by atoms with Crippen LogP contribution in [0, 0.1) is 67.8 Å². The molecule has 0 aliphatic carbocycles. The minimum Gasteiger partial charge on any atom is -0.361 e. The molecule has 714 valence electrons. The monoisotopic (exact) mass is 1900 g/mol. The van der Waals surface area contributed by atoms with Gasteiger partial charge >= 0.3 is 0 Å². The van der Waals surface area contributed by atoms with Gasteiger partial charge in [-0.25, -0.2) is 28.6 Å². The van der Waals surface area contributed by atoms with Crippen molar-refractivity contribution >= 4 is 119 Å². The Morgan fingerprint density at radius 1 is 0.355 bits per heavy atom. The molecule has 5 saturated heterocycles. The van der Waals surface area contributed by atoms with E-state index < -0.39 is 6.17 Å². The molecule has 21 rings (SSSR count). The number of rotatable bonds is 21. The van der Waals surface area contributed by atoms with Crippen LogP contribution in [0.3, 0.4) is 0 Å². The lowest BCUT2D eigenvalue weighted by Gasteiger charge is -2.28. The molecule has 16 aromatic rings. The highest BCUT2D eigenvalue weighted by atomic mass is 35.5. The average Bonchev–Trinajstić information content (AvgIpc) is 1.62. The van der Waals surface area contributed by atoms with Gasteiger partial charge in [0.1, 0.15) is 17.9 Å². The molecule has 0 bridgehead atoms. The molecular weight excluding hydrogens is 1790 g/mol. The Morgan fingerprint density at radius 3 is 1.05 bits per heavy atom. The highest BCUT2D eigenvalue weighted by Crippen LogP contribution is 2.38. The molecule has 0 spiro atoms. The quantitative estimate of drug-likeness (QED) is 0.0479. The van der Waals surface area contributed by atoms with Gasteiger partial charge in [-0.2, -0.15) is 0 Å². The van der Waals surface area contributed by atoms with E-state index in [0.29, 0.717) is 106 Å². The summed E-state index contributed by atoms with van der Waals surface area (Å²) in [5.74, 6) is 1.41. The second kappa shape index (κ2) is 44.8. The Labute approximate surface area is 824 Å². The molecule has 17 heterocycles. The summed E-state index contributed by atoms with van der Waals surface area (Å²) < 4.78 is 25.6. The van der Waals surface area contributed by atoms with Gasteiger partial charge in [-0.1, -0.05) is 85.5 Å². The first-order valence-electron chi connectivity index (χ1n) is 48.4. The van der Waals surface area contributed by atoms with E-state index in [1.54, 1.807) is 90.5 Å².